The van der Waals surface area contributed by atoms with Crippen molar-refractivity contribution in [3.63, 3.8) is 0 Å². The molecule has 1 aromatic carbocycles. The maximum absolute atomic E-state index is 13.5. The third kappa shape index (κ3) is 3.84. The molecular formula is C12H18FNS. The summed E-state index contributed by atoms with van der Waals surface area (Å²) in [6, 6.07) is 5.27. The van der Waals surface area contributed by atoms with Crippen molar-refractivity contribution in [2.45, 2.75) is 37.8 Å². The molecule has 0 spiro atoms. The van der Waals surface area contributed by atoms with Crippen LogP contribution in [-0.2, 0) is 12.3 Å². The third-order valence-electron chi connectivity index (χ3n) is 2.45. The van der Waals surface area contributed by atoms with Crippen LogP contribution in [0, 0.1) is 5.82 Å². The summed E-state index contributed by atoms with van der Waals surface area (Å²) in [5.74, 6) is 0.611. The predicted octanol–water partition coefficient (Wildman–Crippen LogP) is 3.32. The van der Waals surface area contributed by atoms with Gasteiger partial charge in [0.2, 0.25) is 0 Å². The lowest BCUT2D eigenvalue weighted by molar-refractivity contribution is 0.615. The van der Waals surface area contributed by atoms with Crippen molar-refractivity contribution >= 4 is 11.8 Å². The second-order valence-electron chi connectivity index (χ2n) is 3.66. The zero-order valence-corrected chi connectivity index (χ0v) is 10.1. The number of thioether (sulfide) groups is 1. The van der Waals surface area contributed by atoms with Gasteiger partial charge in [0, 0.05) is 17.5 Å². The van der Waals surface area contributed by atoms with Gasteiger partial charge >= 0.3 is 0 Å². The molecule has 1 atom stereocenters. The van der Waals surface area contributed by atoms with Gasteiger partial charge in [-0.05, 0) is 23.6 Å². The van der Waals surface area contributed by atoms with Crippen LogP contribution in [0.25, 0.3) is 0 Å². The molecule has 0 radical (unpaired) electrons. The standard InChI is InChI=1S/C12H18FNS/c1-3-9(2)15-8-11-5-4-10(7-14)6-12(11)13/h4-6,9H,3,7-8,14H2,1-2H3. The SMILES string of the molecule is CCC(C)SCc1ccc(CN)cc1F. The van der Waals surface area contributed by atoms with Crippen molar-refractivity contribution in [1.29, 1.82) is 0 Å². The highest BCUT2D eigenvalue weighted by atomic mass is 32.2. The van der Waals surface area contributed by atoms with Gasteiger partial charge in [-0.25, -0.2) is 4.39 Å². The summed E-state index contributed by atoms with van der Waals surface area (Å²) in [6.45, 7) is 4.71. The topological polar surface area (TPSA) is 26.0 Å². The van der Waals surface area contributed by atoms with E-state index < -0.39 is 0 Å². The fraction of sp³-hybridized carbons (Fsp3) is 0.500. The molecule has 84 valence electrons. The summed E-state index contributed by atoms with van der Waals surface area (Å²) in [7, 11) is 0. The first kappa shape index (κ1) is 12.5. The van der Waals surface area contributed by atoms with E-state index in [-0.39, 0.29) is 5.82 Å². The summed E-state index contributed by atoms with van der Waals surface area (Å²) >= 11 is 1.79. The molecule has 0 aliphatic carbocycles. The van der Waals surface area contributed by atoms with E-state index in [1.54, 1.807) is 11.8 Å². The van der Waals surface area contributed by atoms with Crippen LogP contribution >= 0.6 is 11.8 Å². The second kappa shape index (κ2) is 6.13. The monoisotopic (exact) mass is 227 g/mol. The lowest BCUT2D eigenvalue weighted by Crippen LogP contribution is -1.99. The Hall–Kier alpha value is -0.540. The molecule has 0 heterocycles. The Morgan fingerprint density at radius 1 is 1.47 bits per heavy atom. The number of benzene rings is 1. The smallest absolute Gasteiger partial charge is 0.127 e. The van der Waals surface area contributed by atoms with Gasteiger partial charge in [0.05, 0.1) is 0 Å². The quantitative estimate of drug-likeness (QED) is 0.835. The minimum Gasteiger partial charge on any atom is -0.326 e. The van der Waals surface area contributed by atoms with Gasteiger partial charge in [-0.15, -0.1) is 0 Å². The highest BCUT2D eigenvalue weighted by Gasteiger charge is 2.05. The fourth-order valence-corrected chi connectivity index (χ4v) is 2.12. The minimum absolute atomic E-state index is 0.131. The van der Waals surface area contributed by atoms with Gasteiger partial charge in [0.1, 0.15) is 5.82 Å². The Balaban J connectivity index is 2.62. The lowest BCUT2D eigenvalue weighted by atomic mass is 10.1. The van der Waals surface area contributed by atoms with Crippen LogP contribution in [0.3, 0.4) is 0 Å². The van der Waals surface area contributed by atoms with E-state index in [0.717, 1.165) is 23.3 Å². The first-order chi connectivity index (χ1) is 7.17. The van der Waals surface area contributed by atoms with Crippen LogP contribution in [-0.4, -0.2) is 5.25 Å². The van der Waals surface area contributed by atoms with Gasteiger partial charge in [0.15, 0.2) is 0 Å². The molecule has 3 heteroatoms. The van der Waals surface area contributed by atoms with Crippen LogP contribution in [0.2, 0.25) is 0 Å². The Kier molecular flexibility index (Phi) is 5.12. The Bertz CT molecular complexity index is 314. The maximum Gasteiger partial charge on any atom is 0.127 e. The zero-order valence-electron chi connectivity index (χ0n) is 9.29. The number of hydrogen-bond donors (Lipinski definition) is 1. The molecule has 1 rings (SSSR count). The zero-order chi connectivity index (χ0) is 11.3. The largest absolute Gasteiger partial charge is 0.326 e. The molecule has 0 fully saturated rings. The van der Waals surface area contributed by atoms with E-state index in [1.807, 2.05) is 12.1 Å². The van der Waals surface area contributed by atoms with Crippen molar-refractivity contribution in [2.24, 2.45) is 5.73 Å². The molecule has 2 N–H and O–H groups in total. The van der Waals surface area contributed by atoms with E-state index in [4.69, 9.17) is 5.73 Å². The van der Waals surface area contributed by atoms with E-state index in [9.17, 15) is 4.39 Å². The van der Waals surface area contributed by atoms with Crippen molar-refractivity contribution in [3.8, 4) is 0 Å². The Morgan fingerprint density at radius 2 is 2.20 bits per heavy atom. The third-order valence-corrected chi connectivity index (χ3v) is 3.83. The number of nitrogens with two attached hydrogens (primary N) is 1. The molecule has 1 unspecified atom stereocenters. The fourth-order valence-electron chi connectivity index (χ4n) is 1.18. The molecule has 0 saturated carbocycles. The molecule has 1 nitrogen and oxygen atoms in total. The van der Waals surface area contributed by atoms with Crippen LogP contribution in [0.5, 0.6) is 0 Å². The van der Waals surface area contributed by atoms with Gasteiger partial charge in [-0.3, -0.25) is 0 Å². The average molecular weight is 227 g/mol. The van der Waals surface area contributed by atoms with Gasteiger partial charge in [-0.1, -0.05) is 26.0 Å². The van der Waals surface area contributed by atoms with Crippen LogP contribution in [0.15, 0.2) is 18.2 Å². The second-order valence-corrected chi connectivity index (χ2v) is 5.09. The van der Waals surface area contributed by atoms with E-state index in [1.165, 1.54) is 6.07 Å². The predicted molar refractivity (Wildman–Crippen MR) is 65.3 cm³/mol. The summed E-state index contributed by atoms with van der Waals surface area (Å²) in [5, 5.41) is 0.582. The highest BCUT2D eigenvalue weighted by molar-refractivity contribution is 7.99. The molecule has 15 heavy (non-hydrogen) atoms. The van der Waals surface area contributed by atoms with Crippen LogP contribution in [0.1, 0.15) is 31.4 Å². The minimum atomic E-state index is -0.131. The van der Waals surface area contributed by atoms with E-state index in [0.29, 0.717) is 11.8 Å². The molecule has 1 aromatic rings. The molecule has 0 aromatic heterocycles. The molecule has 0 aliphatic heterocycles. The summed E-state index contributed by atoms with van der Waals surface area (Å²) < 4.78 is 13.5. The van der Waals surface area contributed by atoms with Crippen LogP contribution < -0.4 is 5.73 Å². The van der Waals surface area contributed by atoms with Crippen molar-refractivity contribution in [3.05, 3.63) is 35.1 Å². The molecular weight excluding hydrogens is 209 g/mol. The number of halogens is 1. The van der Waals surface area contributed by atoms with Gasteiger partial charge < -0.3 is 5.73 Å². The normalized spacial score (nSPS) is 12.8. The van der Waals surface area contributed by atoms with E-state index >= 15 is 0 Å². The lowest BCUT2D eigenvalue weighted by Gasteiger charge is -2.09. The van der Waals surface area contributed by atoms with E-state index in [2.05, 4.69) is 13.8 Å². The van der Waals surface area contributed by atoms with Gasteiger partial charge in [-0.2, -0.15) is 11.8 Å². The molecule has 0 aliphatic rings. The molecule has 0 amide bonds. The van der Waals surface area contributed by atoms with Crippen molar-refractivity contribution in [2.75, 3.05) is 0 Å². The number of hydrogen-bond acceptors (Lipinski definition) is 2. The van der Waals surface area contributed by atoms with Crippen molar-refractivity contribution in [1.82, 2.24) is 0 Å². The first-order valence-electron chi connectivity index (χ1n) is 5.26. The molecule has 0 saturated heterocycles. The average Bonchev–Trinajstić information content (AvgIpc) is 2.26. The summed E-state index contributed by atoms with van der Waals surface area (Å²) in [6.07, 6.45) is 1.12. The van der Waals surface area contributed by atoms with Gasteiger partial charge in [0.25, 0.3) is 0 Å². The number of rotatable bonds is 5. The maximum atomic E-state index is 13.5. The van der Waals surface area contributed by atoms with Crippen LogP contribution in [0.4, 0.5) is 4.39 Å². The molecule has 0 bridgehead atoms. The first-order valence-corrected chi connectivity index (χ1v) is 6.31. The highest BCUT2D eigenvalue weighted by Crippen LogP contribution is 2.22. The Labute approximate surface area is 95.2 Å². The summed E-state index contributed by atoms with van der Waals surface area (Å²) in [4.78, 5) is 0. The summed E-state index contributed by atoms with van der Waals surface area (Å²) in [5.41, 5.74) is 7.07. The van der Waals surface area contributed by atoms with Crippen molar-refractivity contribution < 1.29 is 4.39 Å². The Morgan fingerprint density at radius 3 is 2.73 bits per heavy atom.